The molecule has 8 nitrogen and oxygen atoms in total. The second-order valence-corrected chi connectivity index (χ2v) is 6.84. The highest BCUT2D eigenvalue weighted by atomic mass is 79.9. The van der Waals surface area contributed by atoms with Crippen LogP contribution >= 0.6 is 15.9 Å². The Bertz CT molecular complexity index is 1080. The molecule has 1 N–H and O–H groups in total. The molecule has 2 aromatic heterocycles. The first-order chi connectivity index (χ1) is 13.7. The van der Waals surface area contributed by atoms with E-state index >= 15 is 0 Å². The van der Waals surface area contributed by atoms with E-state index in [4.69, 9.17) is 9.15 Å². The van der Waals surface area contributed by atoms with Gasteiger partial charge in [0.1, 0.15) is 0 Å². The summed E-state index contributed by atoms with van der Waals surface area (Å²) < 4.78 is 10.9. The van der Waals surface area contributed by atoms with Crippen LogP contribution in [0, 0.1) is 0 Å². The molecule has 2 heterocycles. The highest BCUT2D eigenvalue weighted by molar-refractivity contribution is 9.10. The van der Waals surface area contributed by atoms with Crippen molar-refractivity contribution >= 4 is 27.7 Å². The van der Waals surface area contributed by atoms with Crippen LogP contribution in [-0.2, 0) is 12.8 Å². The number of benzene rings is 2. The summed E-state index contributed by atoms with van der Waals surface area (Å²) in [7, 11) is 0. The van der Waals surface area contributed by atoms with Gasteiger partial charge in [0.05, 0.1) is 0 Å². The normalized spacial score (nSPS) is 10.8. The molecule has 0 aliphatic carbocycles. The van der Waals surface area contributed by atoms with Crippen molar-refractivity contribution in [1.29, 1.82) is 0 Å². The molecular weight excluding hydrogens is 426 g/mol. The summed E-state index contributed by atoms with van der Waals surface area (Å²) in [4.78, 5) is 16.7. The van der Waals surface area contributed by atoms with Gasteiger partial charge in [0.25, 0.3) is 5.91 Å². The van der Waals surface area contributed by atoms with Crippen molar-refractivity contribution in [2.45, 2.75) is 12.8 Å². The number of aryl methyl sites for hydroxylation is 2. The Labute approximate surface area is 168 Å². The molecule has 140 valence electrons. The van der Waals surface area contributed by atoms with E-state index in [2.05, 4.69) is 41.7 Å². The van der Waals surface area contributed by atoms with E-state index in [-0.39, 0.29) is 23.2 Å². The standard InChI is InChI=1S/C19H14BrN5O3/c20-14-9-7-13(8-10-14)19(26)22-18-16(23-28-25-18)17-21-15(27-24-17)11-6-12-4-2-1-3-5-12/h1-5,7-10H,6,11H2,(H,22,25,26). The average Bonchev–Trinajstić information content (AvgIpc) is 3.37. The Morgan fingerprint density at radius 1 is 0.964 bits per heavy atom. The first-order valence-electron chi connectivity index (χ1n) is 8.45. The lowest BCUT2D eigenvalue weighted by molar-refractivity contribution is 0.102. The zero-order valence-corrected chi connectivity index (χ0v) is 16.1. The van der Waals surface area contributed by atoms with Crippen LogP contribution in [0.15, 0.2) is 68.2 Å². The van der Waals surface area contributed by atoms with Gasteiger partial charge in [0.2, 0.25) is 17.5 Å². The molecule has 0 saturated heterocycles. The maximum atomic E-state index is 12.4. The summed E-state index contributed by atoms with van der Waals surface area (Å²) in [6.45, 7) is 0. The predicted octanol–water partition coefficient (Wildman–Crippen LogP) is 3.92. The summed E-state index contributed by atoms with van der Waals surface area (Å²) in [5.74, 6) is 0.447. The van der Waals surface area contributed by atoms with Crippen molar-refractivity contribution < 1.29 is 13.9 Å². The van der Waals surface area contributed by atoms with Crippen molar-refractivity contribution in [2.75, 3.05) is 5.32 Å². The van der Waals surface area contributed by atoms with Gasteiger partial charge >= 0.3 is 0 Å². The first-order valence-corrected chi connectivity index (χ1v) is 9.25. The fourth-order valence-electron chi connectivity index (χ4n) is 2.55. The monoisotopic (exact) mass is 439 g/mol. The zero-order valence-electron chi connectivity index (χ0n) is 14.5. The maximum Gasteiger partial charge on any atom is 0.256 e. The van der Waals surface area contributed by atoms with Crippen molar-refractivity contribution in [3.8, 4) is 11.5 Å². The third kappa shape index (κ3) is 4.15. The molecule has 0 atom stereocenters. The Hall–Kier alpha value is -3.33. The maximum absolute atomic E-state index is 12.4. The van der Waals surface area contributed by atoms with Gasteiger partial charge in [-0.25, -0.2) is 4.63 Å². The van der Waals surface area contributed by atoms with Gasteiger partial charge in [-0.1, -0.05) is 51.4 Å². The van der Waals surface area contributed by atoms with Crippen molar-refractivity contribution in [3.63, 3.8) is 0 Å². The minimum absolute atomic E-state index is 0.128. The Kier molecular flexibility index (Phi) is 5.24. The van der Waals surface area contributed by atoms with E-state index in [0.29, 0.717) is 17.9 Å². The van der Waals surface area contributed by atoms with E-state index in [9.17, 15) is 4.79 Å². The van der Waals surface area contributed by atoms with Crippen LogP contribution in [0.3, 0.4) is 0 Å². The number of hydrogen-bond acceptors (Lipinski definition) is 7. The Balaban J connectivity index is 1.46. The fraction of sp³-hybridized carbons (Fsp3) is 0.105. The molecule has 0 bridgehead atoms. The topological polar surface area (TPSA) is 107 Å². The number of halogens is 1. The molecule has 9 heteroatoms. The van der Waals surface area contributed by atoms with Gasteiger partial charge in [0.15, 0.2) is 5.69 Å². The molecule has 28 heavy (non-hydrogen) atoms. The van der Waals surface area contributed by atoms with Gasteiger partial charge in [-0.3, -0.25) is 4.79 Å². The van der Waals surface area contributed by atoms with Crippen LogP contribution in [0.25, 0.3) is 11.5 Å². The van der Waals surface area contributed by atoms with Crippen molar-refractivity contribution in [1.82, 2.24) is 20.5 Å². The average molecular weight is 440 g/mol. The molecule has 0 fully saturated rings. The Morgan fingerprint density at radius 3 is 2.54 bits per heavy atom. The smallest absolute Gasteiger partial charge is 0.256 e. The summed E-state index contributed by atoms with van der Waals surface area (Å²) in [5.41, 5.74) is 1.85. The molecule has 0 radical (unpaired) electrons. The number of rotatable bonds is 6. The lowest BCUT2D eigenvalue weighted by Gasteiger charge is -2.01. The third-order valence-electron chi connectivity index (χ3n) is 3.98. The van der Waals surface area contributed by atoms with Crippen molar-refractivity contribution in [2.24, 2.45) is 0 Å². The molecule has 0 unspecified atom stereocenters. The predicted molar refractivity (Wildman–Crippen MR) is 104 cm³/mol. The van der Waals surface area contributed by atoms with E-state index in [1.807, 2.05) is 30.3 Å². The minimum Gasteiger partial charge on any atom is -0.339 e. The van der Waals surface area contributed by atoms with E-state index in [1.165, 1.54) is 5.56 Å². The van der Waals surface area contributed by atoms with Crippen LogP contribution in [0.1, 0.15) is 21.8 Å². The number of carbonyl (C=O) groups excluding carboxylic acids is 1. The molecule has 1 amide bonds. The number of carbonyl (C=O) groups is 1. The summed E-state index contributed by atoms with van der Waals surface area (Å²) in [6, 6.07) is 16.9. The molecule has 0 saturated carbocycles. The lowest BCUT2D eigenvalue weighted by atomic mass is 10.1. The van der Waals surface area contributed by atoms with E-state index < -0.39 is 0 Å². The Morgan fingerprint density at radius 2 is 1.75 bits per heavy atom. The van der Waals surface area contributed by atoms with Crippen LogP contribution < -0.4 is 5.32 Å². The number of amides is 1. The van der Waals surface area contributed by atoms with E-state index in [0.717, 1.165) is 10.9 Å². The molecule has 4 aromatic rings. The van der Waals surface area contributed by atoms with Gasteiger partial charge < -0.3 is 9.84 Å². The lowest BCUT2D eigenvalue weighted by Crippen LogP contribution is -2.12. The van der Waals surface area contributed by atoms with Crippen molar-refractivity contribution in [3.05, 3.63) is 76.1 Å². The highest BCUT2D eigenvalue weighted by Gasteiger charge is 2.21. The van der Waals surface area contributed by atoms with Gasteiger partial charge in [-0.2, -0.15) is 4.98 Å². The van der Waals surface area contributed by atoms with Gasteiger partial charge in [0, 0.05) is 16.5 Å². The molecule has 2 aromatic carbocycles. The van der Waals surface area contributed by atoms with Crippen LogP contribution in [0.4, 0.5) is 5.82 Å². The molecule has 0 aliphatic heterocycles. The first kappa shape index (κ1) is 18.1. The molecule has 0 aliphatic rings. The zero-order chi connectivity index (χ0) is 19.3. The number of anilines is 1. The highest BCUT2D eigenvalue weighted by Crippen LogP contribution is 2.22. The quantitative estimate of drug-likeness (QED) is 0.484. The molecule has 0 spiro atoms. The second-order valence-electron chi connectivity index (χ2n) is 5.92. The molecular formula is C19H14BrN5O3. The fourth-order valence-corrected chi connectivity index (χ4v) is 2.81. The summed E-state index contributed by atoms with van der Waals surface area (Å²) in [6.07, 6.45) is 1.36. The van der Waals surface area contributed by atoms with Crippen LogP contribution in [0.5, 0.6) is 0 Å². The van der Waals surface area contributed by atoms with Crippen LogP contribution in [0.2, 0.25) is 0 Å². The molecule has 4 rings (SSSR count). The SMILES string of the molecule is O=C(Nc1nonc1-c1noc(CCc2ccccc2)n1)c1ccc(Br)cc1. The number of hydrogen-bond donors (Lipinski definition) is 1. The largest absolute Gasteiger partial charge is 0.339 e. The third-order valence-corrected chi connectivity index (χ3v) is 4.51. The summed E-state index contributed by atoms with van der Waals surface area (Å²) in [5, 5.41) is 14.1. The van der Waals surface area contributed by atoms with Gasteiger partial charge in [-0.05, 0) is 46.6 Å². The van der Waals surface area contributed by atoms with Crippen LogP contribution in [-0.4, -0.2) is 26.4 Å². The number of nitrogens with zero attached hydrogens (tertiary/aromatic N) is 4. The minimum atomic E-state index is -0.350. The number of aromatic nitrogens is 4. The van der Waals surface area contributed by atoms with E-state index in [1.54, 1.807) is 24.3 Å². The summed E-state index contributed by atoms with van der Waals surface area (Å²) >= 11 is 3.33. The van der Waals surface area contributed by atoms with Gasteiger partial charge in [-0.15, -0.1) is 0 Å². The second kappa shape index (κ2) is 8.13. The number of nitrogens with one attached hydrogen (secondary N) is 1.